The van der Waals surface area contributed by atoms with E-state index >= 15 is 0 Å². The Balaban J connectivity index is 2.08. The Morgan fingerprint density at radius 3 is 1.69 bits per heavy atom. The number of unbranched alkanes of at least 4 members (excludes halogenated alkanes) is 6. The fourth-order valence-corrected chi connectivity index (χ4v) is 4.55. The summed E-state index contributed by atoms with van der Waals surface area (Å²) in [4.78, 5) is 35.2. The quantitative estimate of drug-likeness (QED) is 0.269. The third kappa shape index (κ3) is 7.94. The van der Waals surface area contributed by atoms with Gasteiger partial charge in [0.2, 0.25) is 0 Å². The van der Waals surface area contributed by atoms with Gasteiger partial charge < -0.3 is 0 Å². The van der Waals surface area contributed by atoms with Crippen LogP contribution in [0.15, 0.2) is 19.6 Å². The van der Waals surface area contributed by atoms with Crippen LogP contribution in [0.2, 0.25) is 0 Å². The van der Waals surface area contributed by atoms with Crippen molar-refractivity contribution in [2.45, 2.75) is 119 Å². The van der Waals surface area contributed by atoms with Gasteiger partial charge in [-0.25, -0.2) is 0 Å². The van der Waals surface area contributed by atoms with E-state index in [0.29, 0.717) is 30.8 Å². The number of H-pyrrole nitrogens is 2. The summed E-state index contributed by atoms with van der Waals surface area (Å²) in [5.41, 5.74) is 4.44. The second-order valence-corrected chi connectivity index (χ2v) is 9.75. The van der Waals surface area contributed by atoms with Gasteiger partial charge in [0.05, 0.1) is 23.7 Å². The highest BCUT2D eigenvalue weighted by atomic mass is 16.1. The molecule has 2 N–H and O–H groups in total. The van der Waals surface area contributed by atoms with Crippen LogP contribution in [0.3, 0.4) is 0 Å². The number of hydrogen-bond acceptors (Lipinski definition) is 4. The standard InChI is InChI=1S/C27H46N6O2/c1-8-10-12-14-16-32-26(34)24(22(6)30-32)20(4)28-18-19(3)29-21(5)25-23(7)31-33(27(25)35)17-15-13-11-9-2/h19,30-31H,8-18H2,1-7H3. The number of nitrogens with zero attached hydrogens (tertiary/aromatic N) is 4. The highest BCUT2D eigenvalue weighted by Crippen LogP contribution is 2.08. The van der Waals surface area contributed by atoms with Crippen LogP contribution in [0.5, 0.6) is 0 Å². The predicted octanol–water partition coefficient (Wildman–Crippen LogP) is 5.15. The van der Waals surface area contributed by atoms with E-state index in [1.807, 2.05) is 34.6 Å². The van der Waals surface area contributed by atoms with E-state index in [9.17, 15) is 9.59 Å². The second kappa shape index (κ2) is 14.0. The van der Waals surface area contributed by atoms with Crippen LogP contribution in [0, 0.1) is 13.8 Å². The molecule has 0 amide bonds. The molecule has 1 atom stereocenters. The monoisotopic (exact) mass is 486 g/mol. The highest BCUT2D eigenvalue weighted by molar-refractivity contribution is 6.00. The molecule has 2 aromatic rings. The van der Waals surface area contributed by atoms with Gasteiger partial charge in [-0.15, -0.1) is 0 Å². The normalized spacial score (nSPS) is 13.6. The molecule has 0 aliphatic carbocycles. The zero-order valence-corrected chi connectivity index (χ0v) is 23.0. The molecule has 8 nitrogen and oxygen atoms in total. The fraction of sp³-hybridized carbons (Fsp3) is 0.704. The van der Waals surface area contributed by atoms with Crippen molar-refractivity contribution in [2.75, 3.05) is 6.54 Å². The average Bonchev–Trinajstić information content (AvgIpc) is 3.26. The highest BCUT2D eigenvalue weighted by Gasteiger charge is 2.16. The summed E-state index contributed by atoms with van der Waals surface area (Å²) in [6, 6.07) is -0.104. The van der Waals surface area contributed by atoms with E-state index < -0.39 is 0 Å². The van der Waals surface area contributed by atoms with Crippen molar-refractivity contribution >= 4 is 11.4 Å². The molecule has 2 rings (SSSR count). The molecule has 0 radical (unpaired) electrons. The number of aryl methyl sites for hydroxylation is 4. The lowest BCUT2D eigenvalue weighted by atomic mass is 10.1. The van der Waals surface area contributed by atoms with Crippen molar-refractivity contribution in [1.29, 1.82) is 0 Å². The lowest BCUT2D eigenvalue weighted by Crippen LogP contribution is -2.22. The van der Waals surface area contributed by atoms with Crippen molar-refractivity contribution in [2.24, 2.45) is 9.98 Å². The third-order valence-electron chi connectivity index (χ3n) is 6.47. The minimum Gasteiger partial charge on any atom is -0.299 e. The van der Waals surface area contributed by atoms with Gasteiger partial charge in [-0.3, -0.25) is 39.1 Å². The molecule has 0 aromatic carbocycles. The second-order valence-electron chi connectivity index (χ2n) is 9.75. The lowest BCUT2D eigenvalue weighted by Gasteiger charge is -2.06. The number of aromatic nitrogens is 4. The number of aliphatic imine (C=N–C) groups is 2. The van der Waals surface area contributed by atoms with E-state index in [1.165, 1.54) is 25.7 Å². The SMILES string of the molecule is CCCCCCn1[nH]c(C)c(C(C)=NCC(C)N=C(C)c2c(C)[nH]n(CCCCCC)c2=O)c1=O. The molecule has 0 saturated carbocycles. The van der Waals surface area contributed by atoms with Crippen LogP contribution in [0.4, 0.5) is 0 Å². The predicted molar refractivity (Wildman–Crippen MR) is 147 cm³/mol. The first kappa shape index (κ1) is 28.6. The zero-order valence-electron chi connectivity index (χ0n) is 23.0. The Bertz CT molecular complexity index is 1110. The number of rotatable bonds is 15. The minimum atomic E-state index is -0.104. The van der Waals surface area contributed by atoms with Gasteiger partial charge in [-0.1, -0.05) is 52.4 Å². The molecule has 0 aliphatic heterocycles. The fourth-order valence-electron chi connectivity index (χ4n) is 4.55. The zero-order chi connectivity index (χ0) is 26.0. The molecular formula is C27H46N6O2. The maximum Gasteiger partial charge on any atom is 0.275 e. The van der Waals surface area contributed by atoms with Crippen molar-refractivity contribution in [1.82, 2.24) is 19.6 Å². The molecule has 2 aromatic heterocycles. The molecule has 35 heavy (non-hydrogen) atoms. The van der Waals surface area contributed by atoms with Gasteiger partial charge in [0.25, 0.3) is 11.1 Å². The smallest absolute Gasteiger partial charge is 0.275 e. The summed E-state index contributed by atoms with van der Waals surface area (Å²) < 4.78 is 3.40. The minimum absolute atomic E-state index is 0.00461. The molecule has 8 heteroatoms. The summed E-state index contributed by atoms with van der Waals surface area (Å²) in [5, 5.41) is 6.41. The van der Waals surface area contributed by atoms with E-state index in [4.69, 9.17) is 4.99 Å². The van der Waals surface area contributed by atoms with Crippen LogP contribution < -0.4 is 11.1 Å². The van der Waals surface area contributed by atoms with Crippen LogP contribution in [-0.4, -0.2) is 43.6 Å². The molecule has 0 saturated heterocycles. The molecule has 1 unspecified atom stereocenters. The maximum atomic E-state index is 12.9. The van der Waals surface area contributed by atoms with E-state index in [2.05, 4.69) is 29.0 Å². The molecule has 196 valence electrons. The number of hydrogen-bond donors (Lipinski definition) is 2. The molecule has 0 fully saturated rings. The molecule has 2 heterocycles. The van der Waals surface area contributed by atoms with Crippen molar-refractivity contribution in [3.05, 3.63) is 43.2 Å². The largest absolute Gasteiger partial charge is 0.299 e. The number of nitrogens with one attached hydrogen (secondary N) is 2. The average molecular weight is 487 g/mol. The Labute approximate surface area is 209 Å². The molecule has 0 bridgehead atoms. The maximum absolute atomic E-state index is 12.9. The molecule has 0 spiro atoms. The Hall–Kier alpha value is -2.64. The Morgan fingerprint density at radius 1 is 0.771 bits per heavy atom. The van der Waals surface area contributed by atoms with Crippen LogP contribution >= 0.6 is 0 Å². The van der Waals surface area contributed by atoms with Crippen LogP contribution in [0.25, 0.3) is 0 Å². The number of aromatic amines is 2. The van der Waals surface area contributed by atoms with E-state index in [-0.39, 0.29) is 17.2 Å². The van der Waals surface area contributed by atoms with Crippen LogP contribution in [0.1, 0.15) is 109 Å². The first-order chi connectivity index (χ1) is 16.7. The summed E-state index contributed by atoms with van der Waals surface area (Å²) >= 11 is 0. The van der Waals surface area contributed by atoms with Gasteiger partial charge in [0.1, 0.15) is 0 Å². The first-order valence-electron chi connectivity index (χ1n) is 13.4. The van der Waals surface area contributed by atoms with E-state index in [1.54, 1.807) is 9.36 Å². The summed E-state index contributed by atoms with van der Waals surface area (Å²) in [5.74, 6) is 0. The molecular weight excluding hydrogens is 440 g/mol. The summed E-state index contributed by atoms with van der Waals surface area (Å²) in [7, 11) is 0. The topological polar surface area (TPSA) is 100 Å². The lowest BCUT2D eigenvalue weighted by molar-refractivity contribution is 0.528. The van der Waals surface area contributed by atoms with Gasteiger partial charge in [0, 0.05) is 35.9 Å². The third-order valence-corrected chi connectivity index (χ3v) is 6.47. The van der Waals surface area contributed by atoms with Gasteiger partial charge in [0.15, 0.2) is 0 Å². The Kier molecular flexibility index (Phi) is 11.5. The van der Waals surface area contributed by atoms with Gasteiger partial charge in [-0.05, 0) is 47.5 Å². The van der Waals surface area contributed by atoms with E-state index in [0.717, 1.165) is 48.5 Å². The van der Waals surface area contributed by atoms with Gasteiger partial charge in [-0.2, -0.15) is 0 Å². The Morgan fingerprint density at radius 2 is 1.23 bits per heavy atom. The first-order valence-corrected chi connectivity index (χ1v) is 13.4. The summed E-state index contributed by atoms with van der Waals surface area (Å²) in [6.07, 6.45) is 8.97. The van der Waals surface area contributed by atoms with Gasteiger partial charge >= 0.3 is 0 Å². The van der Waals surface area contributed by atoms with Crippen molar-refractivity contribution in [3.63, 3.8) is 0 Å². The van der Waals surface area contributed by atoms with Crippen molar-refractivity contribution < 1.29 is 0 Å². The van der Waals surface area contributed by atoms with Crippen LogP contribution in [-0.2, 0) is 13.1 Å². The molecule has 0 aliphatic rings. The summed E-state index contributed by atoms with van der Waals surface area (Å²) in [6.45, 7) is 15.8. The van der Waals surface area contributed by atoms with Crippen molar-refractivity contribution in [3.8, 4) is 0 Å².